The molecule has 5 heteroatoms. The van der Waals surface area contributed by atoms with Crippen LogP contribution in [0.3, 0.4) is 0 Å². The number of hydrogen-bond acceptors (Lipinski definition) is 2. The fraction of sp³-hybridized carbons (Fsp3) is 0.385. The summed E-state index contributed by atoms with van der Waals surface area (Å²) >= 11 is 5.79. The van der Waals surface area contributed by atoms with Gasteiger partial charge < -0.3 is 4.90 Å². The maximum atomic E-state index is 12.2. The lowest BCUT2D eigenvalue weighted by Crippen LogP contribution is -2.37. The van der Waals surface area contributed by atoms with E-state index in [9.17, 15) is 9.59 Å². The molecule has 0 spiro atoms. The third-order valence-corrected chi connectivity index (χ3v) is 3.45. The van der Waals surface area contributed by atoms with Crippen LogP contribution < -0.4 is 4.90 Å². The monoisotopic (exact) mass is 266 g/mol. The van der Waals surface area contributed by atoms with Crippen molar-refractivity contribution < 1.29 is 9.59 Å². The maximum absolute atomic E-state index is 12.2. The molecule has 1 heterocycles. The molecule has 0 bridgehead atoms. The van der Waals surface area contributed by atoms with E-state index in [1.165, 1.54) is 4.90 Å². The second-order valence-electron chi connectivity index (χ2n) is 4.37. The number of carbonyl (C=O) groups excluding carboxylic acids is 2. The molecule has 1 aliphatic heterocycles. The molecule has 0 aliphatic carbocycles. The molecule has 1 saturated heterocycles. The SMILES string of the molecule is CCC(C)N1CC(=O)N(c2ccc(Cl)cc2)C1=O. The van der Waals surface area contributed by atoms with Gasteiger partial charge in [0, 0.05) is 11.1 Å². The fourth-order valence-corrected chi connectivity index (χ4v) is 2.05. The van der Waals surface area contributed by atoms with Gasteiger partial charge in [-0.15, -0.1) is 0 Å². The molecule has 0 aromatic heterocycles. The van der Waals surface area contributed by atoms with Crippen LogP contribution in [-0.4, -0.2) is 29.4 Å². The number of anilines is 1. The van der Waals surface area contributed by atoms with Gasteiger partial charge in [-0.25, -0.2) is 9.69 Å². The Morgan fingerprint density at radius 2 is 1.89 bits per heavy atom. The van der Waals surface area contributed by atoms with Crippen molar-refractivity contribution in [3.63, 3.8) is 0 Å². The van der Waals surface area contributed by atoms with Crippen molar-refractivity contribution in [3.8, 4) is 0 Å². The molecule has 3 amide bonds. The van der Waals surface area contributed by atoms with E-state index in [1.807, 2.05) is 13.8 Å². The Balaban J connectivity index is 2.27. The highest BCUT2D eigenvalue weighted by Crippen LogP contribution is 2.24. The highest BCUT2D eigenvalue weighted by molar-refractivity contribution is 6.30. The summed E-state index contributed by atoms with van der Waals surface area (Å²) in [6.45, 7) is 4.08. The Kier molecular flexibility index (Phi) is 3.57. The molecule has 1 aliphatic rings. The molecule has 0 saturated carbocycles. The summed E-state index contributed by atoms with van der Waals surface area (Å²) in [7, 11) is 0. The quantitative estimate of drug-likeness (QED) is 0.790. The molecule has 2 rings (SSSR count). The zero-order chi connectivity index (χ0) is 13.3. The van der Waals surface area contributed by atoms with E-state index >= 15 is 0 Å². The number of halogens is 1. The number of urea groups is 1. The van der Waals surface area contributed by atoms with Crippen molar-refractivity contribution in [2.24, 2.45) is 0 Å². The Labute approximate surface area is 111 Å². The molecule has 1 unspecified atom stereocenters. The van der Waals surface area contributed by atoms with Crippen LogP contribution in [0.4, 0.5) is 10.5 Å². The van der Waals surface area contributed by atoms with Crippen molar-refractivity contribution in [2.75, 3.05) is 11.4 Å². The maximum Gasteiger partial charge on any atom is 0.332 e. The molecule has 0 N–H and O–H groups in total. The van der Waals surface area contributed by atoms with Crippen LogP contribution >= 0.6 is 11.6 Å². The molecule has 96 valence electrons. The third-order valence-electron chi connectivity index (χ3n) is 3.20. The first kappa shape index (κ1) is 12.9. The van der Waals surface area contributed by atoms with Crippen LogP contribution in [0.2, 0.25) is 5.02 Å². The molecule has 4 nitrogen and oxygen atoms in total. The summed E-state index contributed by atoms with van der Waals surface area (Å²) in [6, 6.07) is 6.51. The second kappa shape index (κ2) is 4.98. The summed E-state index contributed by atoms with van der Waals surface area (Å²) in [6.07, 6.45) is 0.827. The lowest BCUT2D eigenvalue weighted by atomic mass is 10.2. The standard InChI is InChI=1S/C13H15ClN2O2/c1-3-9(2)15-8-12(17)16(13(15)18)11-6-4-10(14)5-7-11/h4-7,9H,3,8H2,1-2H3. The van der Waals surface area contributed by atoms with Gasteiger partial charge in [-0.2, -0.15) is 0 Å². The average Bonchev–Trinajstić information content (AvgIpc) is 2.65. The lowest BCUT2D eigenvalue weighted by molar-refractivity contribution is -0.116. The van der Waals surface area contributed by atoms with E-state index in [4.69, 9.17) is 11.6 Å². The van der Waals surface area contributed by atoms with E-state index in [1.54, 1.807) is 29.2 Å². The number of imide groups is 1. The summed E-state index contributed by atoms with van der Waals surface area (Å²) in [5.41, 5.74) is 0.570. The zero-order valence-corrected chi connectivity index (χ0v) is 11.1. The summed E-state index contributed by atoms with van der Waals surface area (Å²) in [5.74, 6) is -0.192. The van der Waals surface area contributed by atoms with E-state index < -0.39 is 0 Å². The van der Waals surface area contributed by atoms with Crippen LogP contribution in [-0.2, 0) is 4.79 Å². The number of rotatable bonds is 3. The van der Waals surface area contributed by atoms with Gasteiger partial charge in [0.25, 0.3) is 5.91 Å². The van der Waals surface area contributed by atoms with Crippen LogP contribution in [0.25, 0.3) is 0 Å². The molecular formula is C13H15ClN2O2. The number of hydrogen-bond donors (Lipinski definition) is 0. The van der Waals surface area contributed by atoms with Gasteiger partial charge in [0.2, 0.25) is 0 Å². The molecule has 1 atom stereocenters. The number of carbonyl (C=O) groups is 2. The number of nitrogens with zero attached hydrogens (tertiary/aromatic N) is 2. The van der Waals surface area contributed by atoms with Crippen LogP contribution in [0.5, 0.6) is 0 Å². The normalized spacial score (nSPS) is 17.5. The zero-order valence-electron chi connectivity index (χ0n) is 10.4. The van der Waals surface area contributed by atoms with Crippen molar-refractivity contribution in [1.29, 1.82) is 0 Å². The Morgan fingerprint density at radius 3 is 2.44 bits per heavy atom. The van der Waals surface area contributed by atoms with Gasteiger partial charge in [-0.3, -0.25) is 4.79 Å². The molecule has 18 heavy (non-hydrogen) atoms. The molecule has 1 fully saturated rings. The van der Waals surface area contributed by atoms with Gasteiger partial charge in [0.1, 0.15) is 6.54 Å². The highest BCUT2D eigenvalue weighted by Gasteiger charge is 2.38. The van der Waals surface area contributed by atoms with Gasteiger partial charge in [0.05, 0.1) is 5.69 Å². The minimum atomic E-state index is -0.253. The van der Waals surface area contributed by atoms with Crippen molar-refractivity contribution in [3.05, 3.63) is 29.3 Å². The Bertz CT molecular complexity index is 472. The van der Waals surface area contributed by atoms with Crippen LogP contribution in [0.1, 0.15) is 20.3 Å². The van der Waals surface area contributed by atoms with Crippen molar-refractivity contribution in [2.45, 2.75) is 26.3 Å². The van der Waals surface area contributed by atoms with Crippen LogP contribution in [0.15, 0.2) is 24.3 Å². The smallest absolute Gasteiger partial charge is 0.312 e. The lowest BCUT2D eigenvalue weighted by Gasteiger charge is -2.22. The fourth-order valence-electron chi connectivity index (χ4n) is 1.93. The van der Waals surface area contributed by atoms with Gasteiger partial charge in [0.15, 0.2) is 0 Å². The average molecular weight is 267 g/mol. The minimum Gasteiger partial charge on any atom is -0.312 e. The molecule has 1 aromatic carbocycles. The Morgan fingerprint density at radius 1 is 1.28 bits per heavy atom. The summed E-state index contributed by atoms with van der Waals surface area (Å²) in [5, 5.41) is 0.580. The van der Waals surface area contributed by atoms with E-state index in [0.717, 1.165) is 6.42 Å². The van der Waals surface area contributed by atoms with E-state index in [-0.39, 0.29) is 24.5 Å². The Hall–Kier alpha value is -1.55. The van der Waals surface area contributed by atoms with E-state index in [2.05, 4.69) is 0 Å². The van der Waals surface area contributed by atoms with E-state index in [0.29, 0.717) is 10.7 Å². The minimum absolute atomic E-state index is 0.0683. The number of amides is 3. The first-order valence-electron chi connectivity index (χ1n) is 5.93. The topological polar surface area (TPSA) is 40.6 Å². The van der Waals surface area contributed by atoms with Crippen molar-refractivity contribution in [1.82, 2.24) is 4.90 Å². The summed E-state index contributed by atoms with van der Waals surface area (Å²) < 4.78 is 0. The van der Waals surface area contributed by atoms with Crippen molar-refractivity contribution >= 4 is 29.2 Å². The molecule has 0 radical (unpaired) electrons. The van der Waals surface area contributed by atoms with Gasteiger partial charge in [-0.1, -0.05) is 18.5 Å². The summed E-state index contributed by atoms with van der Waals surface area (Å²) in [4.78, 5) is 26.9. The predicted octanol–water partition coefficient (Wildman–Crippen LogP) is 2.91. The van der Waals surface area contributed by atoms with Gasteiger partial charge in [-0.05, 0) is 37.6 Å². The third kappa shape index (κ3) is 2.20. The first-order valence-corrected chi connectivity index (χ1v) is 6.31. The molecular weight excluding hydrogens is 252 g/mol. The predicted molar refractivity (Wildman–Crippen MR) is 70.8 cm³/mol. The highest BCUT2D eigenvalue weighted by atomic mass is 35.5. The van der Waals surface area contributed by atoms with Gasteiger partial charge >= 0.3 is 6.03 Å². The second-order valence-corrected chi connectivity index (χ2v) is 4.81. The largest absolute Gasteiger partial charge is 0.332 e. The molecule has 1 aromatic rings. The van der Waals surface area contributed by atoms with Crippen LogP contribution in [0, 0.1) is 0 Å². The first-order chi connectivity index (χ1) is 8.54. The number of benzene rings is 1.